The molecule has 3 nitrogen and oxygen atoms in total. The second-order valence-corrected chi connectivity index (χ2v) is 5.91. The molecular formula is C12H9FINO2S. The van der Waals surface area contributed by atoms with E-state index in [-0.39, 0.29) is 16.4 Å². The van der Waals surface area contributed by atoms with Gasteiger partial charge in [0.05, 0.1) is 5.69 Å². The molecule has 1 aromatic carbocycles. The van der Waals surface area contributed by atoms with E-state index in [2.05, 4.69) is 0 Å². The van der Waals surface area contributed by atoms with Crippen molar-refractivity contribution in [2.24, 2.45) is 0 Å². The molecule has 0 radical (unpaired) electrons. The minimum atomic E-state index is -1.04. The summed E-state index contributed by atoms with van der Waals surface area (Å²) in [6.07, 6.45) is 0. The van der Waals surface area contributed by atoms with Crippen molar-refractivity contribution in [3.8, 4) is 10.4 Å². The van der Waals surface area contributed by atoms with Gasteiger partial charge in [-0.1, -0.05) is 0 Å². The third-order valence-electron chi connectivity index (χ3n) is 2.56. The predicted octanol–water partition coefficient (Wildman–Crippen LogP) is 3.75. The molecule has 0 saturated carbocycles. The van der Waals surface area contributed by atoms with Crippen molar-refractivity contribution < 1.29 is 14.3 Å². The molecule has 0 bridgehead atoms. The van der Waals surface area contributed by atoms with Crippen molar-refractivity contribution in [3.05, 3.63) is 38.0 Å². The SMILES string of the molecule is Cc1c(-c2ccc(F)cc2I)sc(C(=O)O)c1N. The summed E-state index contributed by atoms with van der Waals surface area (Å²) in [6, 6.07) is 4.40. The van der Waals surface area contributed by atoms with Gasteiger partial charge in [-0.15, -0.1) is 11.3 Å². The Morgan fingerprint density at radius 2 is 2.17 bits per heavy atom. The summed E-state index contributed by atoms with van der Waals surface area (Å²) in [6.45, 7) is 1.77. The van der Waals surface area contributed by atoms with Crippen molar-refractivity contribution in [1.29, 1.82) is 0 Å². The Hall–Kier alpha value is -1.15. The van der Waals surface area contributed by atoms with Gasteiger partial charge in [0.25, 0.3) is 0 Å². The molecule has 0 saturated heterocycles. The third-order valence-corrected chi connectivity index (χ3v) is 4.78. The Kier molecular flexibility index (Phi) is 3.58. The minimum absolute atomic E-state index is 0.127. The van der Waals surface area contributed by atoms with Gasteiger partial charge in [-0.05, 0) is 53.3 Å². The molecule has 0 atom stereocenters. The van der Waals surface area contributed by atoms with Crippen molar-refractivity contribution >= 4 is 45.6 Å². The van der Waals surface area contributed by atoms with Crippen LogP contribution in [0.15, 0.2) is 18.2 Å². The molecule has 94 valence electrons. The van der Waals surface area contributed by atoms with Crippen molar-refractivity contribution in [2.75, 3.05) is 5.73 Å². The van der Waals surface area contributed by atoms with Crippen LogP contribution in [0, 0.1) is 16.3 Å². The van der Waals surface area contributed by atoms with Crippen LogP contribution in [0.2, 0.25) is 0 Å². The molecule has 0 spiro atoms. The number of hydrogen-bond donors (Lipinski definition) is 2. The number of rotatable bonds is 2. The molecule has 2 rings (SSSR count). The first-order chi connectivity index (χ1) is 8.41. The standard InChI is InChI=1S/C12H9FINO2S/c1-5-9(15)11(12(16)17)18-10(5)7-3-2-6(13)4-8(7)14/h2-4H,15H2,1H3,(H,16,17). The summed E-state index contributed by atoms with van der Waals surface area (Å²) in [7, 11) is 0. The summed E-state index contributed by atoms with van der Waals surface area (Å²) in [5, 5.41) is 9.03. The molecule has 18 heavy (non-hydrogen) atoms. The highest BCUT2D eigenvalue weighted by molar-refractivity contribution is 14.1. The fourth-order valence-corrected chi connectivity index (χ4v) is 3.65. The number of aromatic carboxylic acids is 1. The van der Waals surface area contributed by atoms with Crippen LogP contribution < -0.4 is 5.73 Å². The summed E-state index contributed by atoms with van der Waals surface area (Å²) >= 11 is 3.14. The molecule has 0 amide bonds. The van der Waals surface area contributed by atoms with E-state index in [4.69, 9.17) is 10.8 Å². The first-order valence-corrected chi connectivity index (χ1v) is 6.89. The van der Waals surface area contributed by atoms with Crippen LogP contribution in [-0.2, 0) is 0 Å². The first kappa shape index (κ1) is 13.3. The normalized spacial score (nSPS) is 10.6. The van der Waals surface area contributed by atoms with Crippen LogP contribution in [-0.4, -0.2) is 11.1 Å². The Balaban J connectivity index is 2.64. The molecule has 3 N–H and O–H groups in total. The lowest BCUT2D eigenvalue weighted by atomic mass is 10.1. The van der Waals surface area contributed by atoms with E-state index in [1.54, 1.807) is 13.0 Å². The van der Waals surface area contributed by atoms with Gasteiger partial charge in [0.1, 0.15) is 10.7 Å². The van der Waals surface area contributed by atoms with Crippen molar-refractivity contribution in [2.45, 2.75) is 6.92 Å². The van der Waals surface area contributed by atoms with Gasteiger partial charge in [0, 0.05) is 14.0 Å². The maximum Gasteiger partial charge on any atom is 0.348 e. The smallest absolute Gasteiger partial charge is 0.348 e. The zero-order valence-corrected chi connectivity index (χ0v) is 12.3. The molecule has 0 fully saturated rings. The number of nitrogen functional groups attached to an aromatic ring is 1. The molecular weight excluding hydrogens is 368 g/mol. The zero-order valence-electron chi connectivity index (χ0n) is 9.33. The van der Waals surface area contributed by atoms with Crippen molar-refractivity contribution in [1.82, 2.24) is 0 Å². The molecule has 0 unspecified atom stereocenters. The fraction of sp³-hybridized carbons (Fsp3) is 0.0833. The third kappa shape index (κ3) is 2.22. The number of halogens is 2. The fourth-order valence-electron chi connectivity index (χ4n) is 1.62. The molecule has 0 aliphatic carbocycles. The van der Waals surface area contributed by atoms with Crippen LogP contribution in [0.1, 0.15) is 15.2 Å². The predicted molar refractivity (Wildman–Crippen MR) is 78.5 cm³/mol. The molecule has 0 aliphatic rings. The molecule has 6 heteroatoms. The lowest BCUT2D eigenvalue weighted by Crippen LogP contribution is -1.97. The number of benzene rings is 1. The Morgan fingerprint density at radius 3 is 2.67 bits per heavy atom. The minimum Gasteiger partial charge on any atom is -0.477 e. The van der Waals surface area contributed by atoms with Crippen LogP contribution >= 0.6 is 33.9 Å². The zero-order chi connectivity index (χ0) is 13.4. The maximum absolute atomic E-state index is 13.1. The number of carboxylic acids is 1. The van der Waals surface area contributed by atoms with Crippen LogP contribution in [0.5, 0.6) is 0 Å². The number of carbonyl (C=O) groups is 1. The van der Waals surface area contributed by atoms with Gasteiger partial charge < -0.3 is 10.8 Å². The van der Waals surface area contributed by atoms with Gasteiger partial charge >= 0.3 is 5.97 Å². The molecule has 1 aromatic heterocycles. The largest absolute Gasteiger partial charge is 0.477 e. The Bertz CT molecular complexity index is 639. The second kappa shape index (κ2) is 4.85. The maximum atomic E-state index is 13.1. The van der Waals surface area contributed by atoms with E-state index in [1.165, 1.54) is 12.1 Å². The van der Waals surface area contributed by atoms with Gasteiger partial charge in [-0.3, -0.25) is 0 Å². The molecule has 1 heterocycles. The number of anilines is 1. The number of carboxylic acid groups (broad SMARTS) is 1. The van der Waals surface area contributed by atoms with Crippen LogP contribution in [0.3, 0.4) is 0 Å². The van der Waals surface area contributed by atoms with E-state index in [1.807, 2.05) is 22.6 Å². The highest BCUT2D eigenvalue weighted by Crippen LogP contribution is 2.39. The lowest BCUT2D eigenvalue weighted by molar-refractivity contribution is 0.0703. The van der Waals surface area contributed by atoms with Gasteiger partial charge in [0.2, 0.25) is 0 Å². The van der Waals surface area contributed by atoms with Gasteiger partial charge in [0.15, 0.2) is 0 Å². The van der Waals surface area contributed by atoms with E-state index in [0.29, 0.717) is 0 Å². The van der Waals surface area contributed by atoms with E-state index in [0.717, 1.165) is 30.9 Å². The Labute approximate surface area is 121 Å². The number of nitrogens with two attached hydrogens (primary N) is 1. The average molecular weight is 377 g/mol. The van der Waals surface area contributed by atoms with Gasteiger partial charge in [-0.25, -0.2) is 9.18 Å². The summed E-state index contributed by atoms with van der Waals surface area (Å²) in [5.74, 6) is -1.35. The van der Waals surface area contributed by atoms with Crippen LogP contribution in [0.25, 0.3) is 10.4 Å². The second-order valence-electron chi connectivity index (χ2n) is 3.73. The Morgan fingerprint density at radius 1 is 1.50 bits per heavy atom. The van der Waals surface area contributed by atoms with E-state index in [9.17, 15) is 9.18 Å². The first-order valence-electron chi connectivity index (χ1n) is 4.99. The topological polar surface area (TPSA) is 63.3 Å². The van der Waals surface area contributed by atoms with Gasteiger partial charge in [-0.2, -0.15) is 0 Å². The number of thiophene rings is 1. The summed E-state index contributed by atoms with van der Waals surface area (Å²) in [4.78, 5) is 11.9. The summed E-state index contributed by atoms with van der Waals surface area (Å²) < 4.78 is 13.8. The molecule has 0 aliphatic heterocycles. The van der Waals surface area contributed by atoms with E-state index >= 15 is 0 Å². The molecule has 2 aromatic rings. The van der Waals surface area contributed by atoms with E-state index < -0.39 is 5.97 Å². The average Bonchev–Trinajstić information content (AvgIpc) is 2.57. The number of hydrogen-bond acceptors (Lipinski definition) is 3. The highest BCUT2D eigenvalue weighted by atomic mass is 127. The quantitative estimate of drug-likeness (QED) is 0.784. The lowest BCUT2D eigenvalue weighted by Gasteiger charge is -2.03. The highest BCUT2D eigenvalue weighted by Gasteiger charge is 2.19. The van der Waals surface area contributed by atoms with Crippen molar-refractivity contribution in [3.63, 3.8) is 0 Å². The monoisotopic (exact) mass is 377 g/mol. The van der Waals surface area contributed by atoms with Crippen LogP contribution in [0.4, 0.5) is 10.1 Å². The summed E-state index contributed by atoms with van der Waals surface area (Å²) in [5.41, 5.74) is 7.58.